The largest absolute Gasteiger partial charge is 0.506 e. The van der Waals surface area contributed by atoms with Crippen molar-refractivity contribution in [3.63, 3.8) is 0 Å². The molecule has 1 aromatic carbocycles. The van der Waals surface area contributed by atoms with Gasteiger partial charge in [0.25, 0.3) is 5.69 Å². The molecule has 0 amide bonds. The van der Waals surface area contributed by atoms with Crippen LogP contribution in [0.4, 0.5) is 5.69 Å². The third-order valence-corrected chi connectivity index (χ3v) is 3.30. The van der Waals surface area contributed by atoms with E-state index in [9.17, 15) is 15.2 Å². The van der Waals surface area contributed by atoms with E-state index in [-0.39, 0.29) is 22.0 Å². The van der Waals surface area contributed by atoms with Crippen LogP contribution in [0.1, 0.15) is 30.9 Å². The summed E-state index contributed by atoms with van der Waals surface area (Å²) in [5.74, 6) is 0.247. The molecule has 92 valence electrons. The van der Waals surface area contributed by atoms with Gasteiger partial charge in [-0.3, -0.25) is 10.1 Å². The molecule has 2 rings (SSSR count). The molecule has 1 fully saturated rings. The third kappa shape index (κ3) is 2.50. The second-order valence-corrected chi connectivity index (χ2v) is 4.78. The van der Waals surface area contributed by atoms with Crippen LogP contribution in [0.15, 0.2) is 12.1 Å². The Kier molecular flexibility index (Phi) is 3.22. The highest BCUT2D eigenvalue weighted by Gasteiger charge is 2.30. The maximum absolute atomic E-state index is 10.9. The molecule has 0 bridgehead atoms. The van der Waals surface area contributed by atoms with Crippen LogP contribution < -0.4 is 5.73 Å². The van der Waals surface area contributed by atoms with Crippen molar-refractivity contribution in [3.05, 3.63) is 32.8 Å². The molecule has 1 aliphatic carbocycles. The Bertz CT molecular complexity index is 460. The number of nitro benzene ring substituents is 1. The number of halogens is 1. The highest BCUT2D eigenvalue weighted by Crippen LogP contribution is 2.43. The second-order valence-electron chi connectivity index (χ2n) is 4.37. The fraction of sp³-hybridized carbons (Fsp3) is 0.455. The van der Waals surface area contributed by atoms with Crippen molar-refractivity contribution in [2.45, 2.75) is 25.3 Å². The smallest absolute Gasteiger partial charge is 0.277 e. The van der Waals surface area contributed by atoms with E-state index in [1.807, 2.05) is 0 Å². The maximum Gasteiger partial charge on any atom is 0.277 e. The van der Waals surface area contributed by atoms with Gasteiger partial charge in [0.1, 0.15) is 5.75 Å². The number of phenolic OH excluding ortho intramolecular Hbond substituents is 1. The Hall–Kier alpha value is -1.33. The summed E-state index contributed by atoms with van der Waals surface area (Å²) >= 11 is 5.76. The van der Waals surface area contributed by atoms with Crippen LogP contribution in [0, 0.1) is 16.0 Å². The Morgan fingerprint density at radius 1 is 1.59 bits per heavy atom. The summed E-state index contributed by atoms with van der Waals surface area (Å²) in [7, 11) is 0. The lowest BCUT2D eigenvalue weighted by Gasteiger charge is -2.14. The van der Waals surface area contributed by atoms with Crippen molar-refractivity contribution in [1.29, 1.82) is 0 Å². The average Bonchev–Trinajstić information content (AvgIpc) is 3.05. The molecule has 3 N–H and O–H groups in total. The number of hydrogen-bond acceptors (Lipinski definition) is 4. The maximum atomic E-state index is 10.9. The molecule has 0 saturated heterocycles. The van der Waals surface area contributed by atoms with Crippen LogP contribution in [-0.2, 0) is 0 Å². The molecule has 5 nitrogen and oxygen atoms in total. The van der Waals surface area contributed by atoms with Crippen molar-refractivity contribution in [2.75, 3.05) is 0 Å². The zero-order valence-corrected chi connectivity index (χ0v) is 9.85. The predicted molar refractivity (Wildman–Crippen MR) is 64.0 cm³/mol. The molecule has 1 aliphatic rings. The molecule has 0 radical (unpaired) electrons. The molecular weight excluding hydrogens is 244 g/mol. The van der Waals surface area contributed by atoms with Gasteiger partial charge in [-0.05, 0) is 18.4 Å². The van der Waals surface area contributed by atoms with E-state index >= 15 is 0 Å². The molecule has 1 aromatic rings. The lowest BCUT2D eigenvalue weighted by molar-refractivity contribution is -0.385. The molecule has 6 heteroatoms. The summed E-state index contributed by atoms with van der Waals surface area (Å²) < 4.78 is 0. The minimum Gasteiger partial charge on any atom is -0.506 e. The first-order valence-electron chi connectivity index (χ1n) is 5.42. The van der Waals surface area contributed by atoms with Gasteiger partial charge >= 0.3 is 0 Å². The monoisotopic (exact) mass is 256 g/mol. The average molecular weight is 257 g/mol. The fourth-order valence-electron chi connectivity index (χ4n) is 1.93. The quantitative estimate of drug-likeness (QED) is 0.640. The normalized spacial score (nSPS) is 16.8. The minimum atomic E-state index is -0.544. The molecule has 0 heterocycles. The molecule has 1 atom stereocenters. The summed E-state index contributed by atoms with van der Waals surface area (Å²) in [5, 5.41) is 20.8. The molecule has 0 spiro atoms. The summed E-state index contributed by atoms with van der Waals surface area (Å²) in [5.41, 5.74) is 5.90. The third-order valence-electron chi connectivity index (χ3n) is 3.00. The highest BCUT2D eigenvalue weighted by molar-refractivity contribution is 6.32. The number of nitro groups is 1. The first kappa shape index (κ1) is 12.1. The number of phenols is 1. The standard InChI is InChI=1S/C11H13ClN2O3/c12-7-3-4-9(14(16)17)10(11(7)15)8(13)5-6-1-2-6/h3-4,6,8,15H,1-2,5,13H2/t8-/m0/s1. The number of nitrogens with two attached hydrogens (primary N) is 1. The van der Waals surface area contributed by atoms with Crippen LogP contribution in [0.3, 0.4) is 0 Å². The van der Waals surface area contributed by atoms with Gasteiger partial charge in [-0.25, -0.2) is 0 Å². The Balaban J connectivity index is 2.39. The van der Waals surface area contributed by atoms with Gasteiger partial charge in [0, 0.05) is 12.1 Å². The second kappa shape index (κ2) is 4.50. The summed E-state index contributed by atoms with van der Waals surface area (Å²) in [6, 6.07) is 2.05. The van der Waals surface area contributed by atoms with Gasteiger partial charge in [0.05, 0.1) is 15.5 Å². The number of aromatic hydroxyl groups is 1. The molecule has 0 unspecified atom stereocenters. The zero-order chi connectivity index (χ0) is 12.6. The number of hydrogen-bond donors (Lipinski definition) is 2. The fourth-order valence-corrected chi connectivity index (χ4v) is 2.09. The van der Waals surface area contributed by atoms with Crippen molar-refractivity contribution in [2.24, 2.45) is 11.7 Å². The van der Waals surface area contributed by atoms with Gasteiger partial charge in [0.15, 0.2) is 0 Å². The van der Waals surface area contributed by atoms with Gasteiger partial charge < -0.3 is 10.8 Å². The van der Waals surface area contributed by atoms with E-state index in [4.69, 9.17) is 17.3 Å². The first-order valence-corrected chi connectivity index (χ1v) is 5.79. The van der Waals surface area contributed by atoms with Gasteiger partial charge in [-0.2, -0.15) is 0 Å². The van der Waals surface area contributed by atoms with Gasteiger partial charge in [0.2, 0.25) is 0 Å². The lowest BCUT2D eigenvalue weighted by atomic mass is 9.99. The van der Waals surface area contributed by atoms with Gasteiger partial charge in [-0.1, -0.05) is 24.4 Å². The van der Waals surface area contributed by atoms with Crippen LogP contribution in [0.2, 0.25) is 5.02 Å². The minimum absolute atomic E-state index is 0.0943. The molecule has 0 aliphatic heterocycles. The summed E-state index contributed by atoms with van der Waals surface area (Å²) in [6.45, 7) is 0. The van der Waals surface area contributed by atoms with Crippen molar-refractivity contribution < 1.29 is 10.0 Å². The van der Waals surface area contributed by atoms with E-state index in [0.717, 1.165) is 12.8 Å². The van der Waals surface area contributed by atoms with Crippen LogP contribution in [-0.4, -0.2) is 10.0 Å². The van der Waals surface area contributed by atoms with E-state index in [1.165, 1.54) is 12.1 Å². The topological polar surface area (TPSA) is 89.4 Å². The Morgan fingerprint density at radius 2 is 2.24 bits per heavy atom. The van der Waals surface area contributed by atoms with E-state index in [1.54, 1.807) is 0 Å². The zero-order valence-electron chi connectivity index (χ0n) is 9.10. The van der Waals surface area contributed by atoms with Crippen molar-refractivity contribution >= 4 is 17.3 Å². The van der Waals surface area contributed by atoms with E-state index in [2.05, 4.69) is 0 Å². The summed E-state index contributed by atoms with van der Waals surface area (Å²) in [4.78, 5) is 10.3. The molecular formula is C11H13ClN2O3. The highest BCUT2D eigenvalue weighted by atomic mass is 35.5. The lowest BCUT2D eigenvalue weighted by Crippen LogP contribution is -2.13. The summed E-state index contributed by atoms with van der Waals surface area (Å²) in [6.07, 6.45) is 2.85. The number of nitrogens with zero attached hydrogens (tertiary/aromatic N) is 1. The van der Waals surface area contributed by atoms with Crippen molar-refractivity contribution in [1.82, 2.24) is 0 Å². The van der Waals surface area contributed by atoms with E-state index < -0.39 is 11.0 Å². The van der Waals surface area contributed by atoms with Crippen LogP contribution >= 0.6 is 11.6 Å². The van der Waals surface area contributed by atoms with Gasteiger partial charge in [-0.15, -0.1) is 0 Å². The predicted octanol–water partition coefficient (Wildman–Crippen LogP) is 2.75. The van der Waals surface area contributed by atoms with Crippen LogP contribution in [0.25, 0.3) is 0 Å². The first-order chi connectivity index (χ1) is 8.00. The molecule has 17 heavy (non-hydrogen) atoms. The number of benzene rings is 1. The number of rotatable bonds is 4. The molecule has 1 saturated carbocycles. The Labute approximate surface area is 103 Å². The molecule has 0 aromatic heterocycles. The van der Waals surface area contributed by atoms with E-state index in [0.29, 0.717) is 12.3 Å². The Morgan fingerprint density at radius 3 is 2.76 bits per heavy atom. The SMILES string of the molecule is N[C@@H](CC1CC1)c1c([N+](=O)[O-])ccc(Cl)c1O. The van der Waals surface area contributed by atoms with Crippen molar-refractivity contribution in [3.8, 4) is 5.75 Å². The van der Waals surface area contributed by atoms with Crippen LogP contribution in [0.5, 0.6) is 5.75 Å².